The molecule has 2 heterocycles. The van der Waals surface area contributed by atoms with Crippen LogP contribution in [0.4, 0.5) is 5.69 Å². The summed E-state index contributed by atoms with van der Waals surface area (Å²) < 4.78 is 5.29. The van der Waals surface area contributed by atoms with Crippen LogP contribution in [0.5, 0.6) is 5.75 Å². The number of carbonyl (C=O) groups excluding carboxylic acids is 2. The standard InChI is InChI=1S/C23H21N3O6/c1-13(27)20-21(16-5-3-4-6-19(16)26(30)31)25(23(29)22(20)28)10-9-14-12-24-18-8-7-15(32-2)11-17(14)18/h3-8,11-12,21,24,28H,9-10H2,1-2H3/t21-/m1/s1. The number of nitro groups is 1. The van der Waals surface area contributed by atoms with Gasteiger partial charge >= 0.3 is 0 Å². The number of aliphatic hydroxyl groups excluding tert-OH is 1. The second kappa shape index (κ2) is 8.18. The summed E-state index contributed by atoms with van der Waals surface area (Å²) in [5, 5.41) is 22.9. The van der Waals surface area contributed by atoms with Gasteiger partial charge in [0.05, 0.1) is 29.2 Å². The van der Waals surface area contributed by atoms with Crippen LogP contribution in [0.25, 0.3) is 10.9 Å². The molecule has 9 heteroatoms. The molecule has 1 amide bonds. The van der Waals surface area contributed by atoms with E-state index < -0.39 is 28.4 Å². The number of nitro benzene ring substituents is 1. The van der Waals surface area contributed by atoms with E-state index in [2.05, 4.69) is 4.98 Å². The largest absolute Gasteiger partial charge is 0.503 e. The van der Waals surface area contributed by atoms with E-state index in [9.17, 15) is 24.8 Å². The lowest BCUT2D eigenvalue weighted by molar-refractivity contribution is -0.385. The smallest absolute Gasteiger partial charge is 0.290 e. The van der Waals surface area contributed by atoms with Crippen LogP contribution in [-0.4, -0.2) is 45.3 Å². The zero-order chi connectivity index (χ0) is 23.0. The third-order valence-corrected chi connectivity index (χ3v) is 5.71. The molecule has 0 saturated carbocycles. The zero-order valence-corrected chi connectivity index (χ0v) is 17.5. The van der Waals surface area contributed by atoms with Gasteiger partial charge in [-0.25, -0.2) is 0 Å². The number of aromatic nitrogens is 1. The number of benzene rings is 2. The maximum atomic E-state index is 12.9. The minimum Gasteiger partial charge on any atom is -0.503 e. The highest BCUT2D eigenvalue weighted by atomic mass is 16.6. The predicted octanol–water partition coefficient (Wildman–Crippen LogP) is 3.61. The molecule has 2 aromatic carbocycles. The van der Waals surface area contributed by atoms with Gasteiger partial charge in [-0.3, -0.25) is 19.7 Å². The van der Waals surface area contributed by atoms with E-state index in [4.69, 9.17) is 4.74 Å². The predicted molar refractivity (Wildman–Crippen MR) is 116 cm³/mol. The molecule has 4 rings (SSSR count). The maximum Gasteiger partial charge on any atom is 0.290 e. The Morgan fingerprint density at radius 1 is 1.28 bits per heavy atom. The molecule has 164 valence electrons. The molecule has 0 bridgehead atoms. The van der Waals surface area contributed by atoms with Crippen molar-refractivity contribution in [3.8, 4) is 5.75 Å². The molecular weight excluding hydrogens is 414 g/mol. The van der Waals surface area contributed by atoms with E-state index in [1.165, 1.54) is 30.0 Å². The van der Waals surface area contributed by atoms with Gasteiger partial charge in [0.25, 0.3) is 11.6 Å². The van der Waals surface area contributed by atoms with Crippen molar-refractivity contribution in [2.45, 2.75) is 19.4 Å². The molecule has 32 heavy (non-hydrogen) atoms. The molecule has 0 radical (unpaired) electrons. The molecule has 3 aromatic rings. The lowest BCUT2D eigenvalue weighted by atomic mass is 9.95. The number of aromatic amines is 1. The number of ether oxygens (including phenoxy) is 1. The van der Waals surface area contributed by atoms with Crippen molar-refractivity contribution in [3.63, 3.8) is 0 Å². The van der Waals surface area contributed by atoms with Crippen molar-refractivity contribution in [3.05, 3.63) is 81.2 Å². The van der Waals surface area contributed by atoms with Crippen LogP contribution in [0.3, 0.4) is 0 Å². The van der Waals surface area contributed by atoms with E-state index in [0.717, 1.165) is 16.5 Å². The third-order valence-electron chi connectivity index (χ3n) is 5.71. The first kappa shape index (κ1) is 21.1. The first-order valence-electron chi connectivity index (χ1n) is 9.95. The summed E-state index contributed by atoms with van der Waals surface area (Å²) in [5.74, 6) is -1.22. The Bertz CT molecular complexity index is 1280. The fraction of sp³-hybridized carbons (Fsp3) is 0.217. The van der Waals surface area contributed by atoms with Crippen LogP contribution in [-0.2, 0) is 16.0 Å². The number of carbonyl (C=O) groups is 2. The van der Waals surface area contributed by atoms with Gasteiger partial charge in [-0.05, 0) is 43.2 Å². The van der Waals surface area contributed by atoms with Gasteiger partial charge in [0.2, 0.25) is 0 Å². The fourth-order valence-corrected chi connectivity index (χ4v) is 4.18. The van der Waals surface area contributed by atoms with E-state index >= 15 is 0 Å². The lowest BCUT2D eigenvalue weighted by Crippen LogP contribution is -2.33. The van der Waals surface area contributed by atoms with Crippen LogP contribution in [0.2, 0.25) is 0 Å². The second-order valence-corrected chi connectivity index (χ2v) is 7.51. The van der Waals surface area contributed by atoms with Crippen molar-refractivity contribution in [2.75, 3.05) is 13.7 Å². The average molecular weight is 435 g/mol. The van der Waals surface area contributed by atoms with Gasteiger partial charge < -0.3 is 19.7 Å². The van der Waals surface area contributed by atoms with Gasteiger partial charge in [-0.1, -0.05) is 12.1 Å². The molecule has 1 aromatic heterocycles. The molecule has 0 aliphatic carbocycles. The quantitative estimate of drug-likeness (QED) is 0.431. The third kappa shape index (κ3) is 3.47. The van der Waals surface area contributed by atoms with E-state index in [-0.39, 0.29) is 23.4 Å². The molecule has 9 nitrogen and oxygen atoms in total. The average Bonchev–Trinajstić information content (AvgIpc) is 3.30. The topological polar surface area (TPSA) is 126 Å². The van der Waals surface area contributed by atoms with Crippen molar-refractivity contribution >= 4 is 28.3 Å². The number of aliphatic hydroxyl groups is 1. The van der Waals surface area contributed by atoms with E-state index in [0.29, 0.717) is 12.2 Å². The SMILES string of the molecule is COc1ccc2[nH]cc(CCN3C(=O)C(O)=C(C(C)=O)[C@H]3c3ccccc3[N+](=O)[O-])c2c1. The molecule has 1 atom stereocenters. The molecule has 0 unspecified atom stereocenters. The number of hydrogen-bond acceptors (Lipinski definition) is 6. The normalized spacial score (nSPS) is 16.1. The minimum atomic E-state index is -1.04. The van der Waals surface area contributed by atoms with E-state index in [1.807, 2.05) is 24.4 Å². The van der Waals surface area contributed by atoms with Crippen LogP contribution < -0.4 is 4.74 Å². The Labute approximate surface area is 183 Å². The monoisotopic (exact) mass is 435 g/mol. The van der Waals surface area contributed by atoms with Gasteiger partial charge in [-0.2, -0.15) is 0 Å². The van der Waals surface area contributed by atoms with Crippen molar-refractivity contribution in [2.24, 2.45) is 0 Å². The number of ketones is 1. The first-order valence-corrected chi connectivity index (χ1v) is 9.95. The fourth-order valence-electron chi connectivity index (χ4n) is 4.18. The Morgan fingerprint density at radius 3 is 2.72 bits per heavy atom. The highest BCUT2D eigenvalue weighted by molar-refractivity contribution is 6.08. The number of amides is 1. The highest BCUT2D eigenvalue weighted by Crippen LogP contribution is 2.41. The van der Waals surface area contributed by atoms with Gasteiger partial charge in [0, 0.05) is 29.7 Å². The van der Waals surface area contributed by atoms with Crippen molar-refractivity contribution in [1.82, 2.24) is 9.88 Å². The Kier molecular flexibility index (Phi) is 5.40. The number of rotatable bonds is 7. The second-order valence-electron chi connectivity index (χ2n) is 7.51. The Balaban J connectivity index is 1.72. The number of para-hydroxylation sites is 1. The van der Waals surface area contributed by atoms with Gasteiger partial charge in [0.15, 0.2) is 11.5 Å². The molecule has 0 spiro atoms. The maximum absolute atomic E-state index is 12.9. The molecule has 2 N–H and O–H groups in total. The summed E-state index contributed by atoms with van der Waals surface area (Å²) in [6.45, 7) is 1.37. The molecule has 1 aliphatic heterocycles. The van der Waals surface area contributed by atoms with Crippen molar-refractivity contribution in [1.29, 1.82) is 0 Å². The number of H-pyrrole nitrogens is 1. The van der Waals surface area contributed by atoms with Crippen LogP contribution >= 0.6 is 0 Å². The number of Topliss-reactive ketones (excluding diaryl/α,β-unsaturated/α-hetero) is 1. The van der Waals surface area contributed by atoms with Gasteiger partial charge in [0.1, 0.15) is 5.75 Å². The molecule has 1 aliphatic rings. The number of nitrogens with zero attached hydrogens (tertiary/aromatic N) is 2. The van der Waals surface area contributed by atoms with E-state index in [1.54, 1.807) is 13.2 Å². The Hall–Kier alpha value is -4.14. The molecule has 0 saturated heterocycles. The highest BCUT2D eigenvalue weighted by Gasteiger charge is 2.44. The van der Waals surface area contributed by atoms with Gasteiger partial charge in [-0.15, -0.1) is 0 Å². The summed E-state index contributed by atoms with van der Waals surface area (Å²) in [5.41, 5.74) is 1.63. The van der Waals surface area contributed by atoms with Crippen LogP contribution in [0.1, 0.15) is 24.1 Å². The summed E-state index contributed by atoms with van der Waals surface area (Å²) in [7, 11) is 1.57. The summed E-state index contributed by atoms with van der Waals surface area (Å²) in [6, 6.07) is 10.5. The summed E-state index contributed by atoms with van der Waals surface area (Å²) in [4.78, 5) is 40.7. The summed E-state index contributed by atoms with van der Waals surface area (Å²) >= 11 is 0. The van der Waals surface area contributed by atoms with Crippen LogP contribution in [0.15, 0.2) is 60.0 Å². The number of nitrogens with one attached hydrogen (secondary N) is 1. The van der Waals surface area contributed by atoms with Crippen molar-refractivity contribution < 1.29 is 24.4 Å². The number of hydrogen-bond donors (Lipinski definition) is 2. The zero-order valence-electron chi connectivity index (χ0n) is 17.5. The number of methoxy groups -OCH3 is 1. The minimum absolute atomic E-state index is 0.134. The summed E-state index contributed by atoms with van der Waals surface area (Å²) in [6.07, 6.45) is 2.22. The molecular formula is C23H21N3O6. The Morgan fingerprint density at radius 2 is 2.03 bits per heavy atom. The van der Waals surface area contributed by atoms with Crippen LogP contribution in [0, 0.1) is 10.1 Å². The number of fused-ring (bicyclic) bond motifs is 1. The lowest BCUT2D eigenvalue weighted by Gasteiger charge is -2.26. The first-order chi connectivity index (χ1) is 15.3. The molecule has 0 fully saturated rings.